The van der Waals surface area contributed by atoms with E-state index in [0.29, 0.717) is 12.1 Å². The van der Waals surface area contributed by atoms with Gasteiger partial charge in [-0.15, -0.1) is 0 Å². The van der Waals surface area contributed by atoms with Crippen LogP contribution >= 0.6 is 0 Å². The van der Waals surface area contributed by atoms with Crippen molar-refractivity contribution < 1.29 is 9.53 Å². The summed E-state index contributed by atoms with van der Waals surface area (Å²) in [5.41, 5.74) is 0. The highest BCUT2D eigenvalue weighted by molar-refractivity contribution is 5.77. The largest absolute Gasteiger partial charge is 0.369 e. The maximum Gasteiger partial charge on any atom is 0.246 e. The molecule has 0 unspecified atom stereocenters. The van der Waals surface area contributed by atoms with Gasteiger partial charge in [-0.3, -0.25) is 4.79 Å². The van der Waals surface area contributed by atoms with E-state index < -0.39 is 0 Å². The molecule has 1 rings (SSSR count). The number of nitrogens with one attached hydrogen (secondary N) is 2. The average molecular weight is 242 g/mol. The lowest BCUT2D eigenvalue weighted by Crippen LogP contribution is -2.43. The molecular weight excluding hydrogens is 216 g/mol. The first kappa shape index (κ1) is 14.5. The monoisotopic (exact) mass is 242 g/mol. The van der Waals surface area contributed by atoms with Crippen LogP contribution in [0.15, 0.2) is 0 Å². The van der Waals surface area contributed by atoms with Crippen LogP contribution in [-0.2, 0) is 9.53 Å². The standard InChI is InChI=1S/C13H26N2O2/c1-4-14-11-5-7-12(8-6-11)15-13(16)9-17-10(2)3/h10-12,14H,4-9H2,1-3H3,(H,15,16). The van der Waals surface area contributed by atoms with Crippen LogP contribution in [0.2, 0.25) is 0 Å². The quantitative estimate of drug-likeness (QED) is 0.741. The molecule has 0 spiro atoms. The summed E-state index contributed by atoms with van der Waals surface area (Å²) in [4.78, 5) is 11.6. The van der Waals surface area contributed by atoms with Crippen molar-refractivity contribution >= 4 is 5.91 Å². The molecule has 4 heteroatoms. The van der Waals surface area contributed by atoms with Crippen molar-refractivity contribution in [2.75, 3.05) is 13.2 Å². The lowest BCUT2D eigenvalue weighted by atomic mass is 9.91. The van der Waals surface area contributed by atoms with E-state index in [1.54, 1.807) is 0 Å². The van der Waals surface area contributed by atoms with Gasteiger partial charge in [-0.1, -0.05) is 6.92 Å². The summed E-state index contributed by atoms with van der Waals surface area (Å²) >= 11 is 0. The fourth-order valence-electron chi connectivity index (χ4n) is 2.24. The van der Waals surface area contributed by atoms with Crippen LogP contribution in [0.5, 0.6) is 0 Å². The molecular formula is C13H26N2O2. The van der Waals surface area contributed by atoms with Crippen LogP contribution < -0.4 is 10.6 Å². The van der Waals surface area contributed by atoms with Gasteiger partial charge in [0.2, 0.25) is 5.91 Å². The highest BCUT2D eigenvalue weighted by atomic mass is 16.5. The van der Waals surface area contributed by atoms with Crippen LogP contribution in [0.4, 0.5) is 0 Å². The van der Waals surface area contributed by atoms with Crippen molar-refractivity contribution in [1.29, 1.82) is 0 Å². The van der Waals surface area contributed by atoms with E-state index in [0.717, 1.165) is 32.2 Å². The SMILES string of the molecule is CCNC1CCC(NC(=O)COC(C)C)CC1. The van der Waals surface area contributed by atoms with Crippen LogP contribution in [0.1, 0.15) is 46.5 Å². The topological polar surface area (TPSA) is 50.4 Å². The normalized spacial score (nSPS) is 24.9. The third-order valence-electron chi connectivity index (χ3n) is 3.13. The molecule has 0 aliphatic heterocycles. The van der Waals surface area contributed by atoms with E-state index in [2.05, 4.69) is 17.6 Å². The van der Waals surface area contributed by atoms with Gasteiger partial charge in [0.1, 0.15) is 6.61 Å². The van der Waals surface area contributed by atoms with Crippen molar-refractivity contribution in [1.82, 2.24) is 10.6 Å². The molecule has 1 saturated carbocycles. The van der Waals surface area contributed by atoms with E-state index in [4.69, 9.17) is 4.74 Å². The molecule has 1 aliphatic rings. The molecule has 1 aliphatic carbocycles. The Morgan fingerprint density at radius 2 is 1.82 bits per heavy atom. The number of carbonyl (C=O) groups is 1. The van der Waals surface area contributed by atoms with E-state index in [1.165, 1.54) is 0 Å². The Labute approximate surface area is 104 Å². The maximum atomic E-state index is 11.6. The van der Waals surface area contributed by atoms with Gasteiger partial charge in [0.25, 0.3) is 0 Å². The molecule has 0 aromatic heterocycles. The zero-order chi connectivity index (χ0) is 12.7. The first-order valence-corrected chi connectivity index (χ1v) is 6.76. The van der Waals surface area contributed by atoms with Gasteiger partial charge in [-0.25, -0.2) is 0 Å². The van der Waals surface area contributed by atoms with Crippen molar-refractivity contribution in [3.63, 3.8) is 0 Å². The van der Waals surface area contributed by atoms with E-state index in [9.17, 15) is 4.79 Å². The summed E-state index contributed by atoms with van der Waals surface area (Å²) in [6.07, 6.45) is 4.58. The van der Waals surface area contributed by atoms with E-state index >= 15 is 0 Å². The number of amides is 1. The molecule has 0 bridgehead atoms. The molecule has 1 amide bonds. The van der Waals surface area contributed by atoms with Gasteiger partial charge in [-0.2, -0.15) is 0 Å². The van der Waals surface area contributed by atoms with Crippen LogP contribution in [-0.4, -0.2) is 37.2 Å². The number of carbonyl (C=O) groups excluding carboxylic acids is 1. The minimum atomic E-state index is 0.0191. The van der Waals surface area contributed by atoms with E-state index in [-0.39, 0.29) is 18.6 Å². The average Bonchev–Trinajstić information content (AvgIpc) is 2.29. The van der Waals surface area contributed by atoms with Crippen LogP contribution in [0, 0.1) is 0 Å². The lowest BCUT2D eigenvalue weighted by Gasteiger charge is -2.29. The molecule has 2 N–H and O–H groups in total. The molecule has 0 radical (unpaired) electrons. The Bertz CT molecular complexity index is 223. The number of ether oxygens (including phenoxy) is 1. The second-order valence-electron chi connectivity index (χ2n) is 5.03. The molecule has 4 nitrogen and oxygen atoms in total. The van der Waals surface area contributed by atoms with Crippen LogP contribution in [0.3, 0.4) is 0 Å². The third-order valence-corrected chi connectivity index (χ3v) is 3.13. The predicted molar refractivity (Wildman–Crippen MR) is 69.0 cm³/mol. The first-order chi connectivity index (χ1) is 8.11. The zero-order valence-electron chi connectivity index (χ0n) is 11.3. The van der Waals surface area contributed by atoms with Gasteiger partial charge in [0, 0.05) is 12.1 Å². The van der Waals surface area contributed by atoms with Gasteiger partial charge >= 0.3 is 0 Å². The smallest absolute Gasteiger partial charge is 0.246 e. The van der Waals surface area contributed by atoms with Crippen molar-refractivity contribution in [2.45, 2.75) is 64.6 Å². The first-order valence-electron chi connectivity index (χ1n) is 6.76. The third kappa shape index (κ3) is 6.03. The minimum Gasteiger partial charge on any atom is -0.369 e. The summed E-state index contributed by atoms with van der Waals surface area (Å²) in [5.74, 6) is 0.0191. The fourth-order valence-corrected chi connectivity index (χ4v) is 2.24. The molecule has 1 fully saturated rings. The molecule has 0 saturated heterocycles. The van der Waals surface area contributed by atoms with E-state index in [1.807, 2.05) is 13.8 Å². The molecule has 0 aromatic carbocycles. The summed E-state index contributed by atoms with van der Waals surface area (Å²) in [6.45, 7) is 7.23. The Hall–Kier alpha value is -0.610. The van der Waals surface area contributed by atoms with Gasteiger partial charge in [0.15, 0.2) is 0 Å². The zero-order valence-corrected chi connectivity index (χ0v) is 11.3. The molecule has 0 atom stereocenters. The number of rotatable bonds is 6. The highest BCUT2D eigenvalue weighted by Crippen LogP contribution is 2.18. The van der Waals surface area contributed by atoms with Gasteiger partial charge in [-0.05, 0) is 46.1 Å². The lowest BCUT2D eigenvalue weighted by molar-refractivity contribution is -0.128. The summed E-state index contributed by atoms with van der Waals surface area (Å²) in [7, 11) is 0. The van der Waals surface area contributed by atoms with Crippen molar-refractivity contribution in [2.24, 2.45) is 0 Å². The number of hydrogen-bond donors (Lipinski definition) is 2. The maximum absolute atomic E-state index is 11.6. The predicted octanol–water partition coefficient (Wildman–Crippen LogP) is 1.45. The Kier molecular flexibility index (Phi) is 6.52. The Balaban J connectivity index is 2.14. The summed E-state index contributed by atoms with van der Waals surface area (Å²) in [5, 5.41) is 6.51. The fraction of sp³-hybridized carbons (Fsp3) is 0.923. The second kappa shape index (κ2) is 7.67. The molecule has 100 valence electrons. The van der Waals surface area contributed by atoms with Crippen molar-refractivity contribution in [3.05, 3.63) is 0 Å². The van der Waals surface area contributed by atoms with Crippen LogP contribution in [0.25, 0.3) is 0 Å². The summed E-state index contributed by atoms with van der Waals surface area (Å²) < 4.78 is 5.28. The number of hydrogen-bond acceptors (Lipinski definition) is 3. The molecule has 0 aromatic rings. The van der Waals surface area contributed by atoms with Gasteiger partial charge < -0.3 is 15.4 Å². The summed E-state index contributed by atoms with van der Waals surface area (Å²) in [6, 6.07) is 0.980. The Morgan fingerprint density at radius 1 is 1.24 bits per heavy atom. The van der Waals surface area contributed by atoms with Crippen molar-refractivity contribution in [3.8, 4) is 0 Å². The highest BCUT2D eigenvalue weighted by Gasteiger charge is 2.21. The second-order valence-corrected chi connectivity index (χ2v) is 5.03. The Morgan fingerprint density at radius 3 is 2.35 bits per heavy atom. The molecule has 0 heterocycles. The molecule has 17 heavy (non-hydrogen) atoms. The minimum absolute atomic E-state index is 0.0191. The van der Waals surface area contributed by atoms with Gasteiger partial charge in [0.05, 0.1) is 6.10 Å².